The van der Waals surface area contributed by atoms with Crippen LogP contribution < -0.4 is 10.1 Å². The highest BCUT2D eigenvalue weighted by Gasteiger charge is 2.05. The molecular weight excluding hydrogens is 253 g/mol. The molecule has 0 aliphatic heterocycles. The van der Waals surface area contributed by atoms with Crippen LogP contribution in [0.2, 0.25) is 10.0 Å². The van der Waals surface area contributed by atoms with Crippen molar-refractivity contribution in [1.82, 2.24) is 5.32 Å². The van der Waals surface area contributed by atoms with Gasteiger partial charge < -0.3 is 15.2 Å². The predicted molar refractivity (Wildman–Crippen MR) is 62.2 cm³/mol. The molecule has 0 atom stereocenters. The topological polar surface area (TPSA) is 58.6 Å². The maximum Gasteiger partial charge on any atom is 0.412 e. The van der Waals surface area contributed by atoms with Crippen molar-refractivity contribution in [2.75, 3.05) is 13.2 Å². The van der Waals surface area contributed by atoms with Gasteiger partial charge in [-0.1, -0.05) is 23.2 Å². The van der Waals surface area contributed by atoms with Crippen molar-refractivity contribution >= 4 is 29.3 Å². The van der Waals surface area contributed by atoms with Crippen LogP contribution in [0.1, 0.15) is 6.42 Å². The molecule has 88 valence electrons. The van der Waals surface area contributed by atoms with Gasteiger partial charge in [-0.2, -0.15) is 0 Å². The molecule has 0 bridgehead atoms. The van der Waals surface area contributed by atoms with Gasteiger partial charge in [-0.15, -0.1) is 0 Å². The molecule has 1 rings (SSSR count). The van der Waals surface area contributed by atoms with Crippen LogP contribution in [0, 0.1) is 0 Å². The highest BCUT2D eigenvalue weighted by Crippen LogP contribution is 2.26. The fraction of sp³-hybridized carbons (Fsp3) is 0.300. The third-order valence-electron chi connectivity index (χ3n) is 1.71. The minimum absolute atomic E-state index is 0.0209. The first-order chi connectivity index (χ1) is 7.63. The molecule has 0 aromatic heterocycles. The standard InChI is InChI=1S/C10H11Cl2NO3/c11-8-3-2-7(6-9(8)12)16-10(15)13-4-1-5-14/h2-3,6,14H,1,4-5H2,(H,13,15). The van der Waals surface area contributed by atoms with Gasteiger partial charge in [-0.3, -0.25) is 0 Å². The van der Waals surface area contributed by atoms with Crippen molar-refractivity contribution < 1.29 is 14.6 Å². The average molecular weight is 264 g/mol. The third-order valence-corrected chi connectivity index (χ3v) is 2.44. The highest BCUT2D eigenvalue weighted by molar-refractivity contribution is 6.42. The van der Waals surface area contributed by atoms with Gasteiger partial charge in [0.25, 0.3) is 0 Å². The minimum atomic E-state index is -0.591. The summed E-state index contributed by atoms with van der Waals surface area (Å²) < 4.78 is 4.92. The Morgan fingerprint density at radius 1 is 1.38 bits per heavy atom. The van der Waals surface area contributed by atoms with Gasteiger partial charge in [0.05, 0.1) is 10.0 Å². The Morgan fingerprint density at radius 3 is 2.75 bits per heavy atom. The summed E-state index contributed by atoms with van der Waals surface area (Å²) >= 11 is 11.5. The van der Waals surface area contributed by atoms with E-state index in [1.165, 1.54) is 6.07 Å². The Bertz CT molecular complexity index is 371. The summed E-state index contributed by atoms with van der Waals surface area (Å²) in [6.45, 7) is 0.379. The molecule has 2 N–H and O–H groups in total. The molecule has 0 aliphatic carbocycles. The fourth-order valence-corrected chi connectivity index (χ4v) is 1.24. The number of carbonyl (C=O) groups excluding carboxylic acids is 1. The van der Waals surface area contributed by atoms with Crippen LogP contribution in [-0.4, -0.2) is 24.4 Å². The quantitative estimate of drug-likeness (QED) is 0.821. The van der Waals surface area contributed by atoms with E-state index in [0.717, 1.165) is 0 Å². The zero-order valence-electron chi connectivity index (χ0n) is 8.37. The zero-order valence-corrected chi connectivity index (χ0v) is 9.88. The van der Waals surface area contributed by atoms with Gasteiger partial charge in [-0.05, 0) is 18.6 Å². The average Bonchev–Trinajstić information content (AvgIpc) is 2.24. The second-order valence-corrected chi connectivity index (χ2v) is 3.78. The number of ether oxygens (including phenoxy) is 1. The van der Waals surface area contributed by atoms with E-state index in [0.29, 0.717) is 28.8 Å². The van der Waals surface area contributed by atoms with Crippen LogP contribution in [0.25, 0.3) is 0 Å². The van der Waals surface area contributed by atoms with Gasteiger partial charge in [0.2, 0.25) is 0 Å². The highest BCUT2D eigenvalue weighted by atomic mass is 35.5. The molecule has 1 amide bonds. The van der Waals surface area contributed by atoms with E-state index in [4.69, 9.17) is 33.0 Å². The first-order valence-corrected chi connectivity index (χ1v) is 5.40. The number of benzene rings is 1. The number of aliphatic hydroxyl groups excluding tert-OH is 1. The summed E-state index contributed by atoms with van der Waals surface area (Å²) in [4.78, 5) is 11.2. The molecule has 0 fully saturated rings. The largest absolute Gasteiger partial charge is 0.412 e. The second kappa shape index (κ2) is 6.58. The fourth-order valence-electron chi connectivity index (χ4n) is 0.953. The molecule has 0 radical (unpaired) electrons. The zero-order chi connectivity index (χ0) is 12.0. The monoisotopic (exact) mass is 263 g/mol. The van der Waals surface area contributed by atoms with Crippen LogP contribution in [-0.2, 0) is 0 Å². The molecular formula is C10H11Cl2NO3. The smallest absolute Gasteiger partial charge is 0.410 e. The summed E-state index contributed by atoms with van der Waals surface area (Å²) in [7, 11) is 0. The molecule has 0 heterocycles. The van der Waals surface area contributed by atoms with E-state index in [1.54, 1.807) is 12.1 Å². The van der Waals surface area contributed by atoms with Crippen molar-refractivity contribution in [1.29, 1.82) is 0 Å². The van der Waals surface area contributed by atoms with E-state index < -0.39 is 6.09 Å². The van der Waals surface area contributed by atoms with Crippen LogP contribution >= 0.6 is 23.2 Å². The van der Waals surface area contributed by atoms with Gasteiger partial charge in [0.1, 0.15) is 5.75 Å². The predicted octanol–water partition coefficient (Wildman–Crippen LogP) is 2.46. The first kappa shape index (κ1) is 13.1. The molecule has 0 aliphatic rings. The van der Waals surface area contributed by atoms with Crippen molar-refractivity contribution in [2.24, 2.45) is 0 Å². The Morgan fingerprint density at radius 2 is 2.12 bits per heavy atom. The molecule has 1 aromatic rings. The molecule has 1 aromatic carbocycles. The lowest BCUT2D eigenvalue weighted by atomic mass is 10.3. The summed E-state index contributed by atoms with van der Waals surface area (Å²) in [6, 6.07) is 4.54. The van der Waals surface area contributed by atoms with E-state index in [-0.39, 0.29) is 6.61 Å². The molecule has 4 nitrogen and oxygen atoms in total. The Hall–Kier alpha value is -0.970. The molecule has 0 saturated carbocycles. The third kappa shape index (κ3) is 4.26. The number of amides is 1. The van der Waals surface area contributed by atoms with Crippen molar-refractivity contribution in [3.05, 3.63) is 28.2 Å². The number of nitrogens with one attached hydrogen (secondary N) is 1. The van der Waals surface area contributed by atoms with E-state index >= 15 is 0 Å². The van der Waals surface area contributed by atoms with Crippen molar-refractivity contribution in [3.63, 3.8) is 0 Å². The summed E-state index contributed by atoms with van der Waals surface area (Å²) in [6.07, 6.45) is -0.108. The number of aliphatic hydroxyl groups is 1. The van der Waals surface area contributed by atoms with Crippen LogP contribution in [0.15, 0.2) is 18.2 Å². The summed E-state index contributed by atoms with van der Waals surface area (Å²) in [5.41, 5.74) is 0. The summed E-state index contributed by atoms with van der Waals surface area (Å²) in [5, 5.41) is 11.7. The number of halogens is 2. The molecule has 0 unspecified atom stereocenters. The molecule has 0 spiro atoms. The normalized spacial score (nSPS) is 9.94. The van der Waals surface area contributed by atoms with Gasteiger partial charge in [0, 0.05) is 19.2 Å². The molecule has 16 heavy (non-hydrogen) atoms. The lowest BCUT2D eigenvalue weighted by Gasteiger charge is -2.06. The van der Waals surface area contributed by atoms with Crippen LogP contribution in [0.4, 0.5) is 4.79 Å². The number of hydrogen-bond donors (Lipinski definition) is 2. The second-order valence-electron chi connectivity index (χ2n) is 2.97. The maximum atomic E-state index is 11.2. The Labute approximate surface area is 103 Å². The van der Waals surface area contributed by atoms with Gasteiger partial charge in [-0.25, -0.2) is 4.79 Å². The minimum Gasteiger partial charge on any atom is -0.410 e. The van der Waals surface area contributed by atoms with Crippen LogP contribution in [0.3, 0.4) is 0 Å². The first-order valence-electron chi connectivity index (χ1n) is 4.65. The number of hydrogen-bond acceptors (Lipinski definition) is 3. The van der Waals surface area contributed by atoms with Crippen LogP contribution in [0.5, 0.6) is 5.75 Å². The maximum absolute atomic E-state index is 11.2. The molecule has 0 saturated heterocycles. The Kier molecular flexibility index (Phi) is 5.38. The van der Waals surface area contributed by atoms with E-state index in [2.05, 4.69) is 5.32 Å². The van der Waals surface area contributed by atoms with E-state index in [1.807, 2.05) is 0 Å². The summed E-state index contributed by atoms with van der Waals surface area (Å²) in [5.74, 6) is 0.316. The van der Waals surface area contributed by atoms with Crippen molar-refractivity contribution in [2.45, 2.75) is 6.42 Å². The molecule has 6 heteroatoms. The number of rotatable bonds is 4. The SMILES string of the molecule is O=C(NCCCO)Oc1ccc(Cl)c(Cl)c1. The van der Waals surface area contributed by atoms with E-state index in [9.17, 15) is 4.79 Å². The Balaban J connectivity index is 2.46. The lowest BCUT2D eigenvalue weighted by molar-refractivity contribution is 0.199. The number of carbonyl (C=O) groups is 1. The van der Waals surface area contributed by atoms with Gasteiger partial charge >= 0.3 is 6.09 Å². The van der Waals surface area contributed by atoms with Gasteiger partial charge in [0.15, 0.2) is 0 Å². The van der Waals surface area contributed by atoms with Crippen molar-refractivity contribution in [3.8, 4) is 5.75 Å². The lowest BCUT2D eigenvalue weighted by Crippen LogP contribution is -2.28.